The zero-order chi connectivity index (χ0) is 13.0. The molecule has 0 aliphatic heterocycles. The first kappa shape index (κ1) is 12.3. The lowest BCUT2D eigenvalue weighted by atomic mass is 10.3. The highest BCUT2D eigenvalue weighted by Gasteiger charge is 2.11. The van der Waals surface area contributed by atoms with Crippen LogP contribution >= 0.6 is 11.6 Å². The van der Waals surface area contributed by atoms with Gasteiger partial charge in [-0.05, 0) is 24.3 Å². The number of halogens is 1. The molecule has 2 aromatic heterocycles. The van der Waals surface area contributed by atoms with Gasteiger partial charge in [-0.15, -0.1) is 0 Å². The Morgan fingerprint density at radius 1 is 1.33 bits per heavy atom. The molecule has 0 unspecified atom stereocenters. The molecule has 0 fully saturated rings. The van der Waals surface area contributed by atoms with Gasteiger partial charge in [0.25, 0.3) is 0 Å². The van der Waals surface area contributed by atoms with E-state index in [2.05, 4.69) is 15.3 Å². The van der Waals surface area contributed by atoms with Gasteiger partial charge in [0.15, 0.2) is 5.69 Å². The molecule has 2 aromatic rings. The summed E-state index contributed by atoms with van der Waals surface area (Å²) in [4.78, 5) is 18.9. The molecule has 5 nitrogen and oxygen atoms in total. The van der Waals surface area contributed by atoms with Crippen LogP contribution in [0.1, 0.15) is 16.2 Å². The van der Waals surface area contributed by atoms with E-state index in [4.69, 9.17) is 16.7 Å². The van der Waals surface area contributed by atoms with Gasteiger partial charge in [0.1, 0.15) is 5.82 Å². The van der Waals surface area contributed by atoms with Gasteiger partial charge in [0.05, 0.1) is 17.3 Å². The number of aromatic nitrogens is 2. The summed E-state index contributed by atoms with van der Waals surface area (Å²) >= 11 is 5.72. The average Bonchev–Trinajstić information content (AvgIpc) is 2.38. The summed E-state index contributed by atoms with van der Waals surface area (Å²) in [7, 11) is 0. The van der Waals surface area contributed by atoms with Crippen molar-refractivity contribution in [1.82, 2.24) is 9.97 Å². The van der Waals surface area contributed by atoms with Crippen LogP contribution in [0.3, 0.4) is 0 Å². The lowest BCUT2D eigenvalue weighted by Gasteiger charge is -2.06. The van der Waals surface area contributed by atoms with Crippen LogP contribution in [0.25, 0.3) is 0 Å². The summed E-state index contributed by atoms with van der Waals surface area (Å²) < 4.78 is 0. The number of carbonyl (C=O) groups is 1. The minimum atomic E-state index is -1.15. The lowest BCUT2D eigenvalue weighted by Crippen LogP contribution is -2.07. The number of carboxylic acid groups (broad SMARTS) is 1. The highest BCUT2D eigenvalue weighted by Crippen LogP contribution is 2.16. The number of nitrogens with one attached hydrogen (secondary N) is 1. The highest BCUT2D eigenvalue weighted by molar-refractivity contribution is 6.33. The molecule has 2 rings (SSSR count). The molecule has 92 valence electrons. The van der Waals surface area contributed by atoms with Crippen LogP contribution < -0.4 is 5.32 Å². The Morgan fingerprint density at radius 2 is 2.17 bits per heavy atom. The van der Waals surface area contributed by atoms with Gasteiger partial charge in [-0.1, -0.05) is 17.7 Å². The summed E-state index contributed by atoms with van der Waals surface area (Å²) in [6, 6.07) is 8.69. The molecule has 6 heteroatoms. The third kappa shape index (κ3) is 2.95. The molecular weight excluding hydrogens is 254 g/mol. The van der Waals surface area contributed by atoms with E-state index in [1.165, 1.54) is 6.07 Å². The zero-order valence-corrected chi connectivity index (χ0v) is 10.1. The number of pyridine rings is 2. The number of aromatic carboxylic acids is 1. The standard InChI is InChI=1S/C12H10ClN3O2/c13-9-4-5-10(16-11(9)12(17)18)15-7-8-3-1-2-6-14-8/h1-6H,7H2,(H,15,16)(H,17,18). The molecule has 0 bridgehead atoms. The van der Waals surface area contributed by atoms with E-state index in [1.54, 1.807) is 12.3 Å². The molecule has 0 atom stereocenters. The molecule has 0 aliphatic rings. The summed E-state index contributed by atoms with van der Waals surface area (Å²) in [5.41, 5.74) is 0.675. The molecule has 18 heavy (non-hydrogen) atoms. The Morgan fingerprint density at radius 3 is 2.83 bits per heavy atom. The Labute approximate surface area is 108 Å². The fourth-order valence-corrected chi connectivity index (χ4v) is 1.56. The van der Waals surface area contributed by atoms with Gasteiger partial charge in [-0.25, -0.2) is 9.78 Å². The van der Waals surface area contributed by atoms with Crippen molar-refractivity contribution in [2.75, 3.05) is 5.32 Å². The quantitative estimate of drug-likeness (QED) is 0.886. The Balaban J connectivity index is 2.11. The third-order valence-electron chi connectivity index (χ3n) is 2.23. The van der Waals surface area contributed by atoms with Gasteiger partial charge >= 0.3 is 5.97 Å². The van der Waals surface area contributed by atoms with E-state index in [9.17, 15) is 4.79 Å². The van der Waals surface area contributed by atoms with Crippen molar-refractivity contribution in [2.45, 2.75) is 6.54 Å². The number of anilines is 1. The van der Waals surface area contributed by atoms with Gasteiger partial charge in [0.2, 0.25) is 0 Å². The normalized spacial score (nSPS) is 10.1. The fraction of sp³-hybridized carbons (Fsp3) is 0.0833. The monoisotopic (exact) mass is 263 g/mol. The van der Waals surface area contributed by atoms with E-state index in [0.717, 1.165) is 5.69 Å². The van der Waals surface area contributed by atoms with Crippen LogP contribution in [0.15, 0.2) is 36.5 Å². The first-order valence-corrected chi connectivity index (χ1v) is 5.58. The van der Waals surface area contributed by atoms with Crippen molar-refractivity contribution >= 4 is 23.4 Å². The van der Waals surface area contributed by atoms with Crippen molar-refractivity contribution in [2.24, 2.45) is 0 Å². The topological polar surface area (TPSA) is 75.1 Å². The smallest absolute Gasteiger partial charge is 0.356 e. The Kier molecular flexibility index (Phi) is 3.74. The second-order valence-corrected chi connectivity index (χ2v) is 3.91. The Hall–Kier alpha value is -2.14. The number of carboxylic acids is 1. The van der Waals surface area contributed by atoms with E-state index in [0.29, 0.717) is 12.4 Å². The maximum absolute atomic E-state index is 10.9. The second-order valence-electron chi connectivity index (χ2n) is 3.51. The molecule has 0 radical (unpaired) electrons. The lowest BCUT2D eigenvalue weighted by molar-refractivity contribution is 0.0691. The van der Waals surface area contributed by atoms with Crippen molar-refractivity contribution in [3.05, 3.63) is 52.9 Å². The van der Waals surface area contributed by atoms with E-state index < -0.39 is 5.97 Å². The summed E-state index contributed by atoms with van der Waals surface area (Å²) in [5, 5.41) is 12.0. The molecular formula is C12H10ClN3O2. The first-order chi connectivity index (χ1) is 8.66. The molecule has 2 N–H and O–H groups in total. The minimum absolute atomic E-state index is 0.117. The van der Waals surface area contributed by atoms with Gasteiger partial charge in [0, 0.05) is 6.20 Å². The van der Waals surface area contributed by atoms with Crippen molar-refractivity contribution in [3.63, 3.8) is 0 Å². The van der Waals surface area contributed by atoms with Gasteiger partial charge in [-0.3, -0.25) is 4.98 Å². The molecule has 2 heterocycles. The molecule has 0 aromatic carbocycles. The van der Waals surface area contributed by atoms with Crippen molar-refractivity contribution < 1.29 is 9.90 Å². The van der Waals surface area contributed by atoms with Crippen molar-refractivity contribution in [1.29, 1.82) is 0 Å². The maximum Gasteiger partial charge on any atom is 0.356 e. The number of rotatable bonds is 4. The van der Waals surface area contributed by atoms with Gasteiger partial charge < -0.3 is 10.4 Å². The molecule has 0 spiro atoms. The summed E-state index contributed by atoms with van der Waals surface area (Å²) in [5.74, 6) is -0.705. The number of hydrogen-bond acceptors (Lipinski definition) is 4. The van der Waals surface area contributed by atoms with Crippen LogP contribution in [-0.2, 0) is 6.54 Å². The number of nitrogens with zero attached hydrogens (tertiary/aromatic N) is 2. The predicted molar refractivity (Wildman–Crippen MR) is 67.8 cm³/mol. The molecule has 0 amide bonds. The van der Waals surface area contributed by atoms with Gasteiger partial charge in [-0.2, -0.15) is 0 Å². The van der Waals surface area contributed by atoms with E-state index in [-0.39, 0.29) is 10.7 Å². The number of hydrogen-bond donors (Lipinski definition) is 2. The van der Waals surface area contributed by atoms with E-state index in [1.807, 2.05) is 18.2 Å². The van der Waals surface area contributed by atoms with Crippen LogP contribution in [0, 0.1) is 0 Å². The fourth-order valence-electron chi connectivity index (χ4n) is 1.37. The minimum Gasteiger partial charge on any atom is -0.476 e. The zero-order valence-electron chi connectivity index (χ0n) is 9.30. The second kappa shape index (κ2) is 5.46. The summed E-state index contributed by atoms with van der Waals surface area (Å²) in [6.45, 7) is 0.467. The largest absolute Gasteiger partial charge is 0.476 e. The molecule has 0 saturated heterocycles. The summed E-state index contributed by atoms with van der Waals surface area (Å²) in [6.07, 6.45) is 1.69. The van der Waals surface area contributed by atoms with Crippen LogP contribution in [-0.4, -0.2) is 21.0 Å². The van der Waals surface area contributed by atoms with Crippen LogP contribution in [0.4, 0.5) is 5.82 Å². The molecule has 0 aliphatic carbocycles. The predicted octanol–water partition coefficient (Wildman–Crippen LogP) is 2.44. The third-order valence-corrected chi connectivity index (χ3v) is 2.53. The average molecular weight is 264 g/mol. The first-order valence-electron chi connectivity index (χ1n) is 5.20. The Bertz CT molecular complexity index is 561. The molecule has 0 saturated carbocycles. The van der Waals surface area contributed by atoms with E-state index >= 15 is 0 Å². The van der Waals surface area contributed by atoms with Crippen molar-refractivity contribution in [3.8, 4) is 0 Å². The van der Waals surface area contributed by atoms with Crippen LogP contribution in [0.5, 0.6) is 0 Å². The maximum atomic E-state index is 10.9. The SMILES string of the molecule is O=C(O)c1nc(NCc2ccccn2)ccc1Cl. The van der Waals surface area contributed by atoms with Crippen LogP contribution in [0.2, 0.25) is 5.02 Å². The highest BCUT2D eigenvalue weighted by atomic mass is 35.5.